The predicted octanol–water partition coefficient (Wildman–Crippen LogP) is 6.56. The normalized spacial score (nSPS) is 13.3. The van der Waals surface area contributed by atoms with Crippen molar-refractivity contribution in [2.45, 2.75) is 11.6 Å². The van der Waals surface area contributed by atoms with Gasteiger partial charge in [-0.1, -0.05) is 44.0 Å². The van der Waals surface area contributed by atoms with E-state index in [1.807, 2.05) is 0 Å². The van der Waals surface area contributed by atoms with E-state index in [1.165, 1.54) is 6.07 Å². The molecule has 2 aromatic carbocycles. The van der Waals surface area contributed by atoms with Crippen LogP contribution in [0.2, 0.25) is 0 Å². The molecule has 0 aliphatic rings. The quantitative estimate of drug-likeness (QED) is 0.475. The Morgan fingerprint density at radius 3 is 2.10 bits per heavy atom. The summed E-state index contributed by atoms with van der Waals surface area (Å²) in [5.41, 5.74) is 0.414. The van der Waals surface area contributed by atoms with E-state index in [-0.39, 0.29) is 0 Å². The van der Waals surface area contributed by atoms with Gasteiger partial charge in [0.2, 0.25) is 0 Å². The Kier molecular flexibility index (Phi) is 4.82. The summed E-state index contributed by atoms with van der Waals surface area (Å²) in [5.74, 6) is 0. The van der Waals surface area contributed by atoms with Gasteiger partial charge in [-0.25, -0.2) is 0 Å². The van der Waals surface area contributed by atoms with E-state index < -0.39 is 17.1 Å². The van der Waals surface area contributed by atoms with Gasteiger partial charge in [-0.2, -0.15) is 13.2 Å². The second-order valence-corrected chi connectivity index (χ2v) is 6.35. The first-order chi connectivity index (χ1) is 9.29. The first-order valence-corrected chi connectivity index (χ1v) is 7.57. The molecule has 0 spiro atoms. The van der Waals surface area contributed by atoms with E-state index in [9.17, 15) is 13.2 Å². The summed E-state index contributed by atoms with van der Waals surface area (Å²) in [6, 6.07) is 10.6. The predicted molar refractivity (Wildman–Crippen MR) is 81.0 cm³/mol. The van der Waals surface area contributed by atoms with Gasteiger partial charge in [-0.15, -0.1) is 11.6 Å². The number of benzene rings is 2. The van der Waals surface area contributed by atoms with Gasteiger partial charge in [0.15, 0.2) is 0 Å². The van der Waals surface area contributed by atoms with Gasteiger partial charge < -0.3 is 0 Å². The third kappa shape index (κ3) is 3.57. The summed E-state index contributed by atoms with van der Waals surface area (Å²) in [5, 5.41) is -0.653. The maximum Gasteiger partial charge on any atom is 0.416 e. The van der Waals surface area contributed by atoms with Gasteiger partial charge >= 0.3 is 6.18 Å². The van der Waals surface area contributed by atoms with Crippen LogP contribution in [0.25, 0.3) is 0 Å². The van der Waals surface area contributed by atoms with Crippen molar-refractivity contribution in [3.63, 3.8) is 0 Å². The van der Waals surface area contributed by atoms with Crippen molar-refractivity contribution >= 4 is 43.5 Å². The first kappa shape index (κ1) is 15.9. The van der Waals surface area contributed by atoms with E-state index in [0.29, 0.717) is 10.0 Å². The average molecular weight is 428 g/mol. The molecule has 0 aliphatic heterocycles. The lowest BCUT2D eigenvalue weighted by Crippen LogP contribution is -2.06. The molecular weight excluding hydrogens is 420 g/mol. The van der Waals surface area contributed by atoms with Crippen LogP contribution in [-0.2, 0) is 6.18 Å². The molecule has 0 bridgehead atoms. The van der Waals surface area contributed by atoms with Crippen LogP contribution in [0.1, 0.15) is 22.1 Å². The topological polar surface area (TPSA) is 0 Å². The lowest BCUT2D eigenvalue weighted by Gasteiger charge is -2.15. The Balaban J connectivity index is 2.43. The molecular formula is C14H8Br2ClF3. The zero-order valence-corrected chi connectivity index (χ0v) is 13.8. The third-order valence-corrected chi connectivity index (χ3v) is 4.50. The van der Waals surface area contributed by atoms with E-state index in [1.54, 1.807) is 24.3 Å². The van der Waals surface area contributed by atoms with Crippen molar-refractivity contribution in [1.82, 2.24) is 0 Å². The molecule has 20 heavy (non-hydrogen) atoms. The van der Waals surface area contributed by atoms with E-state index in [0.717, 1.165) is 22.2 Å². The molecule has 2 aromatic rings. The Morgan fingerprint density at radius 2 is 1.55 bits per heavy atom. The van der Waals surface area contributed by atoms with Crippen molar-refractivity contribution < 1.29 is 13.2 Å². The number of alkyl halides is 4. The molecule has 0 radical (unpaired) electrons. The highest BCUT2D eigenvalue weighted by atomic mass is 79.9. The minimum absolute atomic E-state index is 0.392. The zero-order valence-electron chi connectivity index (χ0n) is 9.89. The van der Waals surface area contributed by atoms with Crippen molar-refractivity contribution in [3.8, 4) is 0 Å². The molecule has 1 unspecified atom stereocenters. The van der Waals surface area contributed by atoms with Crippen LogP contribution in [0.3, 0.4) is 0 Å². The van der Waals surface area contributed by atoms with E-state index in [4.69, 9.17) is 11.6 Å². The fourth-order valence-corrected chi connectivity index (χ4v) is 2.92. The first-order valence-electron chi connectivity index (χ1n) is 5.55. The Labute approximate surface area is 136 Å². The van der Waals surface area contributed by atoms with Crippen molar-refractivity contribution in [2.24, 2.45) is 0 Å². The van der Waals surface area contributed by atoms with Crippen LogP contribution in [-0.4, -0.2) is 0 Å². The average Bonchev–Trinajstić information content (AvgIpc) is 2.38. The molecule has 2 rings (SSSR count). The summed E-state index contributed by atoms with van der Waals surface area (Å²) in [4.78, 5) is 0. The van der Waals surface area contributed by atoms with Crippen LogP contribution in [0, 0.1) is 0 Å². The van der Waals surface area contributed by atoms with E-state index in [2.05, 4.69) is 31.9 Å². The Morgan fingerprint density at radius 1 is 0.950 bits per heavy atom. The number of hydrogen-bond acceptors (Lipinski definition) is 0. The zero-order chi connectivity index (χ0) is 14.9. The third-order valence-electron chi connectivity index (χ3n) is 2.76. The highest BCUT2D eigenvalue weighted by Crippen LogP contribution is 2.38. The smallest absolute Gasteiger partial charge is 0.166 e. The number of hydrogen-bond donors (Lipinski definition) is 0. The molecule has 0 saturated carbocycles. The standard InChI is InChI=1S/C14H8Br2ClF3/c15-10-4-1-8(2-5-10)13(17)11-7-9(14(18,19)20)3-6-12(11)16/h1-7,13H. The van der Waals surface area contributed by atoms with Gasteiger partial charge in [-0.05, 0) is 41.5 Å². The molecule has 0 aromatic heterocycles. The molecule has 0 aliphatic carbocycles. The summed E-state index contributed by atoms with van der Waals surface area (Å²) in [7, 11) is 0. The summed E-state index contributed by atoms with van der Waals surface area (Å²) < 4.78 is 39.7. The molecule has 0 N–H and O–H groups in total. The Bertz CT molecular complexity index is 609. The van der Waals surface area contributed by atoms with Crippen molar-refractivity contribution in [3.05, 3.63) is 68.1 Å². The van der Waals surface area contributed by atoms with Crippen molar-refractivity contribution in [2.75, 3.05) is 0 Å². The fourth-order valence-electron chi connectivity index (χ4n) is 1.73. The van der Waals surface area contributed by atoms with Gasteiger partial charge in [0.25, 0.3) is 0 Å². The Hall–Kier alpha value is -0.520. The summed E-state index contributed by atoms with van der Waals surface area (Å²) >= 11 is 12.8. The van der Waals surface area contributed by atoms with Crippen LogP contribution < -0.4 is 0 Å². The fraction of sp³-hybridized carbons (Fsp3) is 0.143. The minimum Gasteiger partial charge on any atom is -0.166 e. The van der Waals surface area contributed by atoms with Crippen LogP contribution in [0.15, 0.2) is 51.4 Å². The van der Waals surface area contributed by atoms with Crippen molar-refractivity contribution in [1.29, 1.82) is 0 Å². The molecule has 0 nitrogen and oxygen atoms in total. The highest BCUT2D eigenvalue weighted by molar-refractivity contribution is 9.10. The van der Waals surface area contributed by atoms with Gasteiger partial charge in [0.1, 0.15) is 0 Å². The SMILES string of the molecule is FC(F)(F)c1ccc(Br)c(C(Cl)c2ccc(Br)cc2)c1. The number of halogens is 6. The number of rotatable bonds is 2. The second kappa shape index (κ2) is 6.08. The maximum absolute atomic E-state index is 12.8. The van der Waals surface area contributed by atoms with Crippen LogP contribution in [0.5, 0.6) is 0 Å². The van der Waals surface area contributed by atoms with Gasteiger partial charge in [0, 0.05) is 8.95 Å². The van der Waals surface area contributed by atoms with Crippen LogP contribution in [0.4, 0.5) is 13.2 Å². The van der Waals surface area contributed by atoms with Gasteiger partial charge in [-0.3, -0.25) is 0 Å². The molecule has 106 valence electrons. The monoisotopic (exact) mass is 426 g/mol. The molecule has 0 fully saturated rings. The molecule has 1 atom stereocenters. The molecule has 0 saturated heterocycles. The minimum atomic E-state index is -4.38. The van der Waals surface area contributed by atoms with Crippen LogP contribution >= 0.6 is 43.5 Å². The highest BCUT2D eigenvalue weighted by Gasteiger charge is 2.31. The molecule has 0 heterocycles. The molecule has 6 heteroatoms. The summed E-state index contributed by atoms with van der Waals surface area (Å²) in [6.07, 6.45) is -4.38. The maximum atomic E-state index is 12.8. The van der Waals surface area contributed by atoms with E-state index >= 15 is 0 Å². The lowest BCUT2D eigenvalue weighted by molar-refractivity contribution is -0.137. The molecule has 0 amide bonds. The second-order valence-electron chi connectivity index (χ2n) is 4.15. The van der Waals surface area contributed by atoms with Gasteiger partial charge in [0.05, 0.1) is 10.9 Å². The largest absolute Gasteiger partial charge is 0.416 e. The lowest BCUT2D eigenvalue weighted by atomic mass is 10.0. The summed E-state index contributed by atoms with van der Waals surface area (Å²) in [6.45, 7) is 0.